The molecule has 0 heterocycles. The number of carbonyl (C=O) groups excluding carboxylic acids is 1. The number of sulfone groups is 1. The molecule has 0 saturated carbocycles. The minimum Gasteiger partial charge on any atom is -0.322 e. The molecule has 9 heteroatoms. The summed E-state index contributed by atoms with van der Waals surface area (Å²) in [6.45, 7) is 5.15. The van der Waals surface area contributed by atoms with E-state index in [0.717, 1.165) is 11.1 Å². The van der Waals surface area contributed by atoms with Gasteiger partial charge >= 0.3 is 0 Å². The molecule has 0 aromatic heterocycles. The molecule has 0 aliphatic rings. The fourth-order valence-corrected chi connectivity index (χ4v) is 5.46. The van der Waals surface area contributed by atoms with E-state index in [2.05, 4.69) is 10.0 Å². The molecule has 0 aliphatic heterocycles. The molecule has 0 bridgehead atoms. The lowest BCUT2D eigenvalue weighted by Crippen LogP contribution is -2.17. The maximum Gasteiger partial charge on any atom is 0.261 e. The Bertz CT molecular complexity index is 1340. The van der Waals surface area contributed by atoms with Crippen LogP contribution in [0.2, 0.25) is 0 Å². The lowest BCUT2D eigenvalue weighted by Gasteiger charge is -2.14. The molecule has 3 aromatic carbocycles. The molecular weight excluding hydrogens is 448 g/mol. The SMILES string of the molecule is CCS(=O)(=O)c1ccccc1C(=O)Nc1ccc(S(=O)(=O)Nc2c(C)cccc2C)cc1. The predicted molar refractivity (Wildman–Crippen MR) is 125 cm³/mol. The van der Waals surface area contributed by atoms with Crippen LogP contribution in [0.15, 0.2) is 76.5 Å². The van der Waals surface area contributed by atoms with E-state index in [-0.39, 0.29) is 21.1 Å². The van der Waals surface area contributed by atoms with E-state index >= 15 is 0 Å². The number of sulfonamides is 1. The molecular formula is C23H24N2O5S2. The first-order valence-corrected chi connectivity index (χ1v) is 13.0. The first-order valence-electron chi connectivity index (χ1n) is 9.87. The zero-order valence-corrected chi connectivity index (χ0v) is 19.5. The van der Waals surface area contributed by atoms with Crippen LogP contribution in [-0.4, -0.2) is 28.5 Å². The summed E-state index contributed by atoms with van der Waals surface area (Å²) in [5.74, 6) is -0.723. The van der Waals surface area contributed by atoms with Crippen molar-refractivity contribution in [3.63, 3.8) is 0 Å². The van der Waals surface area contributed by atoms with Gasteiger partial charge in [0.1, 0.15) is 0 Å². The van der Waals surface area contributed by atoms with Crippen molar-refractivity contribution in [1.29, 1.82) is 0 Å². The molecule has 0 radical (unpaired) electrons. The molecule has 0 spiro atoms. The van der Waals surface area contributed by atoms with E-state index in [0.29, 0.717) is 11.4 Å². The molecule has 0 saturated heterocycles. The van der Waals surface area contributed by atoms with Crippen molar-refractivity contribution in [1.82, 2.24) is 0 Å². The van der Waals surface area contributed by atoms with E-state index < -0.39 is 25.8 Å². The second-order valence-corrected chi connectivity index (χ2v) is 11.2. The Kier molecular flexibility index (Phi) is 6.71. The van der Waals surface area contributed by atoms with E-state index in [1.165, 1.54) is 43.3 Å². The van der Waals surface area contributed by atoms with Crippen LogP contribution in [0.4, 0.5) is 11.4 Å². The third-order valence-corrected chi connectivity index (χ3v) is 8.14. The molecule has 7 nitrogen and oxygen atoms in total. The molecule has 0 fully saturated rings. The highest BCUT2D eigenvalue weighted by molar-refractivity contribution is 7.92. The maximum atomic E-state index is 12.8. The minimum atomic E-state index is -3.83. The zero-order chi connectivity index (χ0) is 23.5. The van der Waals surface area contributed by atoms with Crippen LogP contribution in [0.3, 0.4) is 0 Å². The van der Waals surface area contributed by atoms with Gasteiger partial charge in [-0.05, 0) is 61.4 Å². The standard InChI is InChI=1S/C23H24N2O5S2/c1-4-31(27,28)21-11-6-5-10-20(21)23(26)24-18-12-14-19(15-13-18)32(29,30)25-22-16(2)8-7-9-17(22)3/h5-15,25H,4H2,1-3H3,(H,24,26). The Labute approximate surface area is 188 Å². The first-order chi connectivity index (χ1) is 15.0. The average Bonchev–Trinajstić information content (AvgIpc) is 2.77. The molecule has 0 atom stereocenters. The van der Waals surface area contributed by atoms with Gasteiger partial charge in [-0.25, -0.2) is 16.8 Å². The number of anilines is 2. The molecule has 0 unspecified atom stereocenters. The largest absolute Gasteiger partial charge is 0.322 e. The number of nitrogens with one attached hydrogen (secondary N) is 2. The van der Waals surface area contributed by atoms with Crippen molar-refractivity contribution in [2.24, 2.45) is 0 Å². The highest BCUT2D eigenvalue weighted by atomic mass is 32.2. The van der Waals surface area contributed by atoms with Crippen LogP contribution < -0.4 is 10.0 Å². The van der Waals surface area contributed by atoms with Gasteiger partial charge in [0.05, 0.1) is 26.8 Å². The minimum absolute atomic E-state index is 0.0303. The molecule has 168 valence electrons. The summed E-state index contributed by atoms with van der Waals surface area (Å²) in [6, 6.07) is 17.1. The summed E-state index contributed by atoms with van der Waals surface area (Å²) in [5.41, 5.74) is 2.50. The smallest absolute Gasteiger partial charge is 0.261 e. The van der Waals surface area contributed by atoms with Crippen LogP contribution >= 0.6 is 0 Å². The molecule has 3 rings (SSSR count). The quantitative estimate of drug-likeness (QED) is 0.537. The van der Waals surface area contributed by atoms with Crippen LogP contribution in [0, 0.1) is 13.8 Å². The summed E-state index contributed by atoms with van der Waals surface area (Å²) in [4.78, 5) is 12.7. The van der Waals surface area contributed by atoms with Crippen molar-refractivity contribution in [3.05, 3.63) is 83.4 Å². The van der Waals surface area contributed by atoms with E-state index in [1.807, 2.05) is 32.0 Å². The maximum absolute atomic E-state index is 12.8. The molecule has 32 heavy (non-hydrogen) atoms. The zero-order valence-electron chi connectivity index (χ0n) is 17.9. The monoisotopic (exact) mass is 472 g/mol. The fourth-order valence-electron chi connectivity index (χ4n) is 3.17. The lowest BCUT2D eigenvalue weighted by atomic mass is 10.1. The van der Waals surface area contributed by atoms with Gasteiger partial charge in [0, 0.05) is 5.69 Å². The van der Waals surface area contributed by atoms with Crippen molar-refractivity contribution >= 4 is 37.1 Å². The van der Waals surface area contributed by atoms with E-state index in [4.69, 9.17) is 0 Å². The van der Waals surface area contributed by atoms with E-state index in [1.54, 1.807) is 12.1 Å². The number of aryl methyl sites for hydroxylation is 2. The number of benzene rings is 3. The molecule has 3 aromatic rings. The van der Waals surface area contributed by atoms with Crippen molar-refractivity contribution in [2.45, 2.75) is 30.6 Å². The highest BCUT2D eigenvalue weighted by Crippen LogP contribution is 2.24. The van der Waals surface area contributed by atoms with Crippen LogP contribution in [-0.2, 0) is 19.9 Å². The number of amides is 1. The normalized spacial score (nSPS) is 11.7. The number of rotatable bonds is 7. The third-order valence-electron chi connectivity index (χ3n) is 4.99. The summed E-state index contributed by atoms with van der Waals surface area (Å²) < 4.78 is 52.7. The van der Waals surface area contributed by atoms with Crippen molar-refractivity contribution in [3.8, 4) is 0 Å². The van der Waals surface area contributed by atoms with Gasteiger partial charge in [0.15, 0.2) is 9.84 Å². The Morgan fingerprint density at radius 2 is 1.41 bits per heavy atom. The van der Waals surface area contributed by atoms with Gasteiger partial charge in [-0.1, -0.05) is 37.3 Å². The Morgan fingerprint density at radius 3 is 2.00 bits per heavy atom. The summed E-state index contributed by atoms with van der Waals surface area (Å²) in [6.07, 6.45) is 0. The molecule has 2 N–H and O–H groups in total. The van der Waals surface area contributed by atoms with Crippen molar-refractivity contribution in [2.75, 3.05) is 15.8 Å². The second kappa shape index (κ2) is 9.13. The van der Waals surface area contributed by atoms with Gasteiger partial charge < -0.3 is 5.32 Å². The van der Waals surface area contributed by atoms with Gasteiger partial charge in [-0.2, -0.15) is 0 Å². The van der Waals surface area contributed by atoms with Gasteiger partial charge in [-0.3, -0.25) is 9.52 Å². The third kappa shape index (κ3) is 5.00. The van der Waals surface area contributed by atoms with Crippen molar-refractivity contribution < 1.29 is 21.6 Å². The Hall–Kier alpha value is -3.17. The molecule has 0 aliphatic carbocycles. The Balaban J connectivity index is 1.82. The number of para-hydroxylation sites is 1. The van der Waals surface area contributed by atoms with E-state index in [9.17, 15) is 21.6 Å². The number of hydrogen-bond donors (Lipinski definition) is 2. The fraction of sp³-hybridized carbons (Fsp3) is 0.174. The number of hydrogen-bond acceptors (Lipinski definition) is 5. The second-order valence-electron chi connectivity index (χ2n) is 7.25. The average molecular weight is 473 g/mol. The summed E-state index contributed by atoms with van der Waals surface area (Å²) in [5, 5.41) is 2.62. The van der Waals surface area contributed by atoms with Gasteiger partial charge in [-0.15, -0.1) is 0 Å². The first kappa shape index (κ1) is 23.5. The highest BCUT2D eigenvalue weighted by Gasteiger charge is 2.21. The van der Waals surface area contributed by atoms with Gasteiger partial charge in [0.2, 0.25) is 0 Å². The summed E-state index contributed by atoms with van der Waals surface area (Å²) in [7, 11) is -7.40. The predicted octanol–water partition coefficient (Wildman–Crippen LogP) is 4.15. The number of carbonyl (C=O) groups is 1. The van der Waals surface area contributed by atoms with Crippen LogP contribution in [0.25, 0.3) is 0 Å². The topological polar surface area (TPSA) is 109 Å². The molecule has 1 amide bonds. The summed E-state index contributed by atoms with van der Waals surface area (Å²) >= 11 is 0. The van der Waals surface area contributed by atoms with Gasteiger partial charge in [0.25, 0.3) is 15.9 Å². The van der Waals surface area contributed by atoms with Crippen LogP contribution in [0.5, 0.6) is 0 Å². The Morgan fingerprint density at radius 1 is 0.812 bits per heavy atom. The lowest BCUT2D eigenvalue weighted by molar-refractivity contribution is 0.102. The van der Waals surface area contributed by atoms with Crippen LogP contribution in [0.1, 0.15) is 28.4 Å².